The molecule has 2 aromatic carbocycles. The van der Waals surface area contributed by atoms with Crippen LogP contribution in [0.5, 0.6) is 0 Å². The molecule has 24 heavy (non-hydrogen) atoms. The summed E-state index contributed by atoms with van der Waals surface area (Å²) in [5.74, 6) is 3.57. The molecule has 0 fully saturated rings. The molecule has 0 saturated heterocycles. The van der Waals surface area contributed by atoms with Crippen molar-refractivity contribution in [1.29, 1.82) is 0 Å². The minimum Gasteiger partial charge on any atom is -0.324 e. The van der Waals surface area contributed by atoms with Crippen molar-refractivity contribution in [2.75, 3.05) is 10.7 Å². The molecule has 3 rings (SSSR count). The number of benzene rings is 2. The molecule has 0 unspecified atom stereocenters. The number of hydrazine groups is 1. The summed E-state index contributed by atoms with van der Waals surface area (Å²) in [4.78, 5) is 12.0. The highest BCUT2D eigenvalue weighted by atomic mass is 35.5. The van der Waals surface area contributed by atoms with Crippen molar-refractivity contribution in [1.82, 2.24) is 15.0 Å². The number of hydrogen-bond donors (Lipinski definition) is 3. The van der Waals surface area contributed by atoms with Crippen molar-refractivity contribution < 1.29 is 8.78 Å². The van der Waals surface area contributed by atoms with Gasteiger partial charge < -0.3 is 5.32 Å². The second-order valence-electron chi connectivity index (χ2n) is 4.68. The van der Waals surface area contributed by atoms with Crippen molar-refractivity contribution in [3.8, 4) is 11.4 Å². The lowest BCUT2D eigenvalue weighted by Crippen LogP contribution is -2.13. The normalized spacial score (nSPS) is 10.5. The lowest BCUT2D eigenvalue weighted by molar-refractivity contribution is 0.587. The largest absolute Gasteiger partial charge is 0.324 e. The zero-order valence-corrected chi connectivity index (χ0v) is 12.9. The molecule has 0 bridgehead atoms. The van der Waals surface area contributed by atoms with Crippen LogP contribution >= 0.6 is 11.6 Å². The molecule has 0 amide bonds. The van der Waals surface area contributed by atoms with E-state index in [0.717, 1.165) is 12.1 Å². The molecule has 0 aliphatic heterocycles. The quantitative estimate of drug-likeness (QED) is 0.494. The second kappa shape index (κ2) is 6.73. The first-order chi connectivity index (χ1) is 11.6. The summed E-state index contributed by atoms with van der Waals surface area (Å²) in [7, 11) is 0. The van der Waals surface area contributed by atoms with Gasteiger partial charge in [-0.15, -0.1) is 0 Å². The van der Waals surface area contributed by atoms with Gasteiger partial charge in [-0.3, -0.25) is 5.43 Å². The van der Waals surface area contributed by atoms with Gasteiger partial charge in [-0.05, 0) is 36.4 Å². The highest BCUT2D eigenvalue weighted by Gasteiger charge is 2.16. The molecule has 9 heteroatoms. The van der Waals surface area contributed by atoms with Gasteiger partial charge in [-0.25, -0.2) is 14.6 Å². The fourth-order valence-electron chi connectivity index (χ4n) is 1.98. The van der Waals surface area contributed by atoms with E-state index in [0.29, 0.717) is 10.7 Å². The first-order valence-corrected chi connectivity index (χ1v) is 7.14. The van der Waals surface area contributed by atoms with Gasteiger partial charge >= 0.3 is 0 Å². The number of nitrogens with two attached hydrogens (primary N) is 1. The summed E-state index contributed by atoms with van der Waals surface area (Å²) in [6.45, 7) is 0. The lowest BCUT2D eigenvalue weighted by atomic mass is 10.2. The van der Waals surface area contributed by atoms with Crippen molar-refractivity contribution in [3.63, 3.8) is 0 Å². The summed E-state index contributed by atoms with van der Waals surface area (Å²) < 4.78 is 27.9. The van der Waals surface area contributed by atoms with Crippen LogP contribution in [0.25, 0.3) is 11.4 Å². The molecule has 0 aliphatic rings. The highest BCUT2D eigenvalue weighted by Crippen LogP contribution is 2.25. The minimum absolute atomic E-state index is 0.0425. The molecule has 0 atom stereocenters. The van der Waals surface area contributed by atoms with Crippen LogP contribution in [0.3, 0.4) is 0 Å². The molecule has 0 spiro atoms. The third kappa shape index (κ3) is 3.39. The van der Waals surface area contributed by atoms with Crippen LogP contribution in [0.1, 0.15) is 0 Å². The number of nitrogens with one attached hydrogen (secondary N) is 2. The van der Waals surface area contributed by atoms with E-state index in [2.05, 4.69) is 25.7 Å². The monoisotopic (exact) mass is 348 g/mol. The molecule has 1 aromatic heterocycles. The fraction of sp³-hybridized carbons (Fsp3) is 0. The van der Waals surface area contributed by atoms with Gasteiger partial charge in [0, 0.05) is 10.7 Å². The molecular weight excluding hydrogens is 338 g/mol. The summed E-state index contributed by atoms with van der Waals surface area (Å²) in [5.41, 5.74) is 2.51. The zero-order chi connectivity index (χ0) is 17.1. The van der Waals surface area contributed by atoms with E-state index in [9.17, 15) is 8.78 Å². The van der Waals surface area contributed by atoms with Gasteiger partial charge in [0.25, 0.3) is 0 Å². The van der Waals surface area contributed by atoms with Crippen LogP contribution in [0.15, 0.2) is 42.5 Å². The summed E-state index contributed by atoms with van der Waals surface area (Å²) in [6, 6.07) is 10.2. The smallest absolute Gasteiger partial charge is 0.242 e. The number of hydrogen-bond acceptors (Lipinski definition) is 6. The molecule has 4 N–H and O–H groups in total. The van der Waals surface area contributed by atoms with E-state index in [-0.39, 0.29) is 23.3 Å². The van der Waals surface area contributed by atoms with Crippen LogP contribution < -0.4 is 16.6 Å². The van der Waals surface area contributed by atoms with Crippen molar-refractivity contribution in [2.45, 2.75) is 0 Å². The Morgan fingerprint density at radius 2 is 1.50 bits per heavy atom. The van der Waals surface area contributed by atoms with Crippen molar-refractivity contribution in [3.05, 3.63) is 59.1 Å². The van der Waals surface area contributed by atoms with E-state index < -0.39 is 11.6 Å². The standard InChI is InChI=1S/C15H11ClF2N6/c16-8-4-6-9(7-5-8)20-14-21-13(22-15(23-14)24-19)12-10(17)2-1-3-11(12)18/h1-7H,19H2,(H2,20,21,22,23,24). The summed E-state index contributed by atoms with van der Waals surface area (Å²) >= 11 is 5.82. The first-order valence-electron chi connectivity index (χ1n) is 6.76. The molecule has 3 aromatic rings. The van der Waals surface area contributed by atoms with Gasteiger partial charge in [-0.1, -0.05) is 17.7 Å². The Morgan fingerprint density at radius 1 is 0.875 bits per heavy atom. The third-order valence-corrected chi connectivity index (χ3v) is 3.30. The Morgan fingerprint density at radius 3 is 2.12 bits per heavy atom. The number of aromatic nitrogens is 3. The van der Waals surface area contributed by atoms with Gasteiger partial charge in [-0.2, -0.15) is 15.0 Å². The SMILES string of the molecule is NNc1nc(Nc2ccc(Cl)cc2)nc(-c2c(F)cccc2F)n1. The van der Waals surface area contributed by atoms with Crippen molar-refractivity contribution >= 4 is 29.2 Å². The predicted octanol–water partition coefficient (Wildman–Crippen LogP) is 3.50. The van der Waals surface area contributed by atoms with Crippen LogP contribution in [0.4, 0.5) is 26.4 Å². The van der Waals surface area contributed by atoms with Crippen LogP contribution in [0.2, 0.25) is 5.02 Å². The van der Waals surface area contributed by atoms with E-state index in [1.54, 1.807) is 24.3 Å². The molecule has 0 radical (unpaired) electrons. The maximum absolute atomic E-state index is 13.9. The number of anilines is 3. The third-order valence-electron chi connectivity index (χ3n) is 3.05. The molecule has 0 saturated carbocycles. The van der Waals surface area contributed by atoms with E-state index in [1.807, 2.05) is 0 Å². The van der Waals surface area contributed by atoms with Crippen LogP contribution in [-0.2, 0) is 0 Å². The second-order valence-corrected chi connectivity index (χ2v) is 5.12. The molecule has 122 valence electrons. The number of nitrogen functional groups attached to an aromatic ring is 1. The lowest BCUT2D eigenvalue weighted by Gasteiger charge is -2.09. The Kier molecular flexibility index (Phi) is 4.50. The number of halogens is 3. The maximum Gasteiger partial charge on any atom is 0.242 e. The van der Waals surface area contributed by atoms with Gasteiger partial charge in [0.1, 0.15) is 11.6 Å². The van der Waals surface area contributed by atoms with E-state index >= 15 is 0 Å². The van der Waals surface area contributed by atoms with E-state index in [4.69, 9.17) is 17.4 Å². The summed E-state index contributed by atoms with van der Waals surface area (Å²) in [6.07, 6.45) is 0. The van der Waals surface area contributed by atoms with Gasteiger partial charge in [0.05, 0.1) is 5.56 Å². The van der Waals surface area contributed by atoms with Crippen LogP contribution in [-0.4, -0.2) is 15.0 Å². The maximum atomic E-state index is 13.9. The Hall–Kier alpha value is -2.84. The molecule has 0 aliphatic carbocycles. The Balaban J connectivity index is 2.04. The highest BCUT2D eigenvalue weighted by molar-refractivity contribution is 6.30. The molecule has 1 heterocycles. The van der Waals surface area contributed by atoms with Crippen molar-refractivity contribution in [2.24, 2.45) is 5.84 Å². The zero-order valence-electron chi connectivity index (χ0n) is 12.1. The van der Waals surface area contributed by atoms with E-state index in [1.165, 1.54) is 6.07 Å². The Labute approximate surface area is 140 Å². The number of nitrogens with zero attached hydrogens (tertiary/aromatic N) is 3. The molecule has 6 nitrogen and oxygen atoms in total. The molecular formula is C15H11ClF2N6. The minimum atomic E-state index is -0.790. The predicted molar refractivity (Wildman–Crippen MR) is 87.7 cm³/mol. The average Bonchev–Trinajstić information content (AvgIpc) is 2.56. The van der Waals surface area contributed by atoms with Gasteiger partial charge in [0.15, 0.2) is 5.82 Å². The van der Waals surface area contributed by atoms with Gasteiger partial charge in [0.2, 0.25) is 11.9 Å². The average molecular weight is 349 g/mol. The Bertz CT molecular complexity index is 852. The summed E-state index contributed by atoms with van der Waals surface area (Å²) in [5, 5.41) is 3.46. The topological polar surface area (TPSA) is 88.8 Å². The fourth-order valence-corrected chi connectivity index (χ4v) is 2.11. The number of rotatable bonds is 4. The van der Waals surface area contributed by atoms with Crippen LogP contribution in [0, 0.1) is 11.6 Å². The first kappa shape index (κ1) is 16.0.